The van der Waals surface area contributed by atoms with E-state index in [9.17, 15) is 19.5 Å². The van der Waals surface area contributed by atoms with Gasteiger partial charge in [0, 0.05) is 22.5 Å². The van der Waals surface area contributed by atoms with Crippen molar-refractivity contribution in [1.82, 2.24) is 4.90 Å². The molecule has 3 heterocycles. The van der Waals surface area contributed by atoms with Crippen LogP contribution < -0.4 is 4.90 Å². The predicted octanol–water partition coefficient (Wildman–Crippen LogP) is 4.87. The molecule has 1 spiro atoms. The van der Waals surface area contributed by atoms with E-state index in [4.69, 9.17) is 16.3 Å². The van der Waals surface area contributed by atoms with Gasteiger partial charge in [0.05, 0.1) is 35.8 Å². The molecule has 2 unspecified atom stereocenters. The Morgan fingerprint density at radius 1 is 1.28 bits per heavy atom. The topological polar surface area (TPSA) is 87.1 Å². The Labute approximate surface area is 240 Å². The molecule has 2 bridgehead atoms. The van der Waals surface area contributed by atoms with Crippen LogP contribution in [-0.4, -0.2) is 69.6 Å². The molecule has 0 saturated carbocycles. The van der Waals surface area contributed by atoms with E-state index in [1.54, 1.807) is 58.0 Å². The third-order valence-corrected chi connectivity index (χ3v) is 10.3. The molecule has 3 aliphatic heterocycles. The number of ether oxygens (including phenoxy) is 1. The van der Waals surface area contributed by atoms with Crippen molar-refractivity contribution in [2.75, 3.05) is 24.7 Å². The van der Waals surface area contributed by atoms with Gasteiger partial charge >= 0.3 is 5.97 Å². The first kappa shape index (κ1) is 29.7. The number of thioether (sulfide) groups is 1. The van der Waals surface area contributed by atoms with Crippen LogP contribution in [0.25, 0.3) is 0 Å². The third-order valence-electron chi connectivity index (χ3n) is 8.10. The number of carbonyl (C=O) groups excluding carboxylic acids is 3. The number of aliphatic hydroxyl groups excluding tert-OH is 1. The summed E-state index contributed by atoms with van der Waals surface area (Å²) < 4.78 is 4.88. The molecule has 3 saturated heterocycles. The van der Waals surface area contributed by atoms with Gasteiger partial charge in [0.25, 0.3) is 5.91 Å². The molecule has 1 N–H and O–H groups in total. The van der Waals surface area contributed by atoms with Crippen molar-refractivity contribution >= 4 is 46.8 Å². The average Bonchev–Trinajstić information content (AvgIpc) is 3.56. The number of carbonyl (C=O) groups is 3. The number of benzene rings is 1. The van der Waals surface area contributed by atoms with Gasteiger partial charge in [-0.2, -0.15) is 0 Å². The molecule has 1 aromatic rings. The minimum atomic E-state index is -0.824. The van der Waals surface area contributed by atoms with Crippen LogP contribution in [0.4, 0.5) is 5.69 Å². The van der Waals surface area contributed by atoms with Crippen LogP contribution in [0, 0.1) is 17.8 Å². The first-order valence-corrected chi connectivity index (χ1v) is 15.0. The lowest BCUT2D eigenvalue weighted by Gasteiger charge is -2.40. The normalized spacial score (nSPS) is 27.9. The number of nitrogens with zero attached hydrogens (tertiary/aromatic N) is 2. The zero-order valence-corrected chi connectivity index (χ0v) is 24.3. The number of aliphatic hydroxyl groups is 1. The Morgan fingerprint density at radius 3 is 2.62 bits per heavy atom. The number of likely N-dealkylation sites (tertiary alicyclic amines) is 1. The van der Waals surface area contributed by atoms with Crippen LogP contribution in [0.3, 0.4) is 0 Å². The number of rotatable bonds is 13. The summed E-state index contributed by atoms with van der Waals surface area (Å²) in [6.07, 6.45) is 6.78. The lowest BCUT2D eigenvalue weighted by atomic mass is 9.71. The Bertz CT molecular complexity index is 1100. The Morgan fingerprint density at radius 2 is 2.00 bits per heavy atom. The van der Waals surface area contributed by atoms with Gasteiger partial charge in [-0.05, 0) is 62.3 Å². The van der Waals surface area contributed by atoms with Crippen molar-refractivity contribution in [3.8, 4) is 0 Å². The van der Waals surface area contributed by atoms with E-state index in [2.05, 4.69) is 13.2 Å². The molecule has 7 nitrogen and oxygen atoms in total. The number of anilines is 1. The van der Waals surface area contributed by atoms with Crippen molar-refractivity contribution in [2.45, 2.75) is 68.0 Å². The average molecular weight is 575 g/mol. The Balaban J connectivity index is 1.75. The van der Waals surface area contributed by atoms with E-state index in [0.29, 0.717) is 30.0 Å². The van der Waals surface area contributed by atoms with Crippen LogP contribution in [0.15, 0.2) is 49.6 Å². The second-order valence-corrected chi connectivity index (χ2v) is 13.1. The number of fused-ring (bicyclic) bond motifs is 1. The molecule has 9 heteroatoms. The molecule has 3 aliphatic rings. The standard InChI is InChI=1S/C30H39ClN2O5S/c1-5-7-8-16-38-29(37)24-23-13-14-30(39-23)25(24)27(35)33(22(18-34)17-19(3)4)26(30)28(36)32(15-6-2)21-11-9-20(31)10-12-21/h5-6,9-12,19,22-26,34H,1-2,7-8,13-18H2,3-4H3/t22-,23-,24+,25+,26?,30?/m1/s1. The number of amides is 2. The van der Waals surface area contributed by atoms with E-state index < -0.39 is 28.7 Å². The maximum Gasteiger partial charge on any atom is 0.310 e. The molecule has 0 radical (unpaired) electrons. The maximum absolute atomic E-state index is 14.6. The van der Waals surface area contributed by atoms with Gasteiger partial charge in [0.1, 0.15) is 6.04 Å². The highest BCUT2D eigenvalue weighted by Crippen LogP contribution is 2.67. The highest BCUT2D eigenvalue weighted by molar-refractivity contribution is 8.02. The minimum absolute atomic E-state index is 0.0793. The number of halogens is 1. The van der Waals surface area contributed by atoms with Gasteiger partial charge in [-0.1, -0.05) is 37.6 Å². The van der Waals surface area contributed by atoms with E-state index in [1.807, 2.05) is 13.8 Å². The smallest absolute Gasteiger partial charge is 0.310 e. The fraction of sp³-hybridized carbons (Fsp3) is 0.567. The largest absolute Gasteiger partial charge is 0.465 e. The Hall–Kier alpha value is -2.29. The van der Waals surface area contributed by atoms with Crippen LogP contribution in [-0.2, 0) is 19.1 Å². The lowest BCUT2D eigenvalue weighted by Crippen LogP contribution is -2.57. The van der Waals surface area contributed by atoms with Gasteiger partial charge in [0.2, 0.25) is 5.91 Å². The molecule has 3 fully saturated rings. The van der Waals surface area contributed by atoms with Crippen molar-refractivity contribution in [2.24, 2.45) is 17.8 Å². The molecule has 4 rings (SSSR count). The van der Waals surface area contributed by atoms with Crippen molar-refractivity contribution in [3.63, 3.8) is 0 Å². The van der Waals surface area contributed by atoms with Crippen LogP contribution in [0.2, 0.25) is 5.02 Å². The van der Waals surface area contributed by atoms with E-state index >= 15 is 0 Å². The molecule has 212 valence electrons. The third kappa shape index (κ3) is 5.52. The summed E-state index contributed by atoms with van der Waals surface area (Å²) in [6.45, 7) is 11.9. The predicted molar refractivity (Wildman–Crippen MR) is 156 cm³/mol. The van der Waals surface area contributed by atoms with Gasteiger partial charge < -0.3 is 19.6 Å². The minimum Gasteiger partial charge on any atom is -0.465 e. The quantitative estimate of drug-likeness (QED) is 0.205. The van der Waals surface area contributed by atoms with Gasteiger partial charge in [-0.15, -0.1) is 24.9 Å². The summed E-state index contributed by atoms with van der Waals surface area (Å²) in [7, 11) is 0. The zero-order chi connectivity index (χ0) is 28.3. The highest BCUT2D eigenvalue weighted by atomic mass is 35.5. The molecule has 2 amide bonds. The zero-order valence-electron chi connectivity index (χ0n) is 22.8. The monoisotopic (exact) mass is 574 g/mol. The van der Waals surface area contributed by atoms with Crippen LogP contribution in [0.1, 0.15) is 46.0 Å². The number of hydrogen-bond donors (Lipinski definition) is 1. The number of unbranched alkanes of at least 4 members (excludes halogenated alkanes) is 1. The molecule has 6 atom stereocenters. The molecule has 1 aromatic carbocycles. The van der Waals surface area contributed by atoms with Crippen LogP contribution in [0.5, 0.6) is 0 Å². The van der Waals surface area contributed by atoms with Gasteiger partial charge in [-0.3, -0.25) is 14.4 Å². The van der Waals surface area contributed by atoms with E-state index in [-0.39, 0.29) is 48.7 Å². The fourth-order valence-electron chi connectivity index (χ4n) is 6.57. The van der Waals surface area contributed by atoms with Gasteiger partial charge in [0.15, 0.2) is 0 Å². The summed E-state index contributed by atoms with van der Waals surface area (Å²) in [5, 5.41) is 10.9. The highest BCUT2D eigenvalue weighted by Gasteiger charge is 2.74. The molecular formula is C30H39ClN2O5S. The Kier molecular flexibility index (Phi) is 9.50. The molecule has 0 aliphatic carbocycles. The first-order valence-electron chi connectivity index (χ1n) is 13.8. The van der Waals surface area contributed by atoms with Crippen molar-refractivity contribution in [3.05, 3.63) is 54.6 Å². The number of hydrogen-bond acceptors (Lipinski definition) is 6. The SMILES string of the molecule is C=CCCCOC(=O)[C@@H]1[C@H]2C(=O)N([C@@H](CO)CC(C)C)C(C(=O)N(CC=C)c3ccc(Cl)cc3)C23CC[C@H]1S3. The van der Waals surface area contributed by atoms with Crippen LogP contribution >= 0.6 is 23.4 Å². The molecule has 39 heavy (non-hydrogen) atoms. The summed E-state index contributed by atoms with van der Waals surface area (Å²) in [4.78, 5) is 45.5. The fourth-order valence-corrected chi connectivity index (χ4v) is 8.88. The first-order chi connectivity index (χ1) is 18.7. The van der Waals surface area contributed by atoms with Gasteiger partial charge in [-0.25, -0.2) is 0 Å². The summed E-state index contributed by atoms with van der Waals surface area (Å²) in [5.74, 6) is -1.91. The van der Waals surface area contributed by atoms with E-state index in [1.165, 1.54) is 0 Å². The van der Waals surface area contributed by atoms with E-state index in [0.717, 1.165) is 12.8 Å². The summed E-state index contributed by atoms with van der Waals surface area (Å²) in [5.41, 5.74) is 0.650. The number of allylic oxidation sites excluding steroid dienone is 1. The second kappa shape index (κ2) is 12.5. The lowest BCUT2D eigenvalue weighted by molar-refractivity contribution is -0.154. The van der Waals surface area contributed by atoms with Crippen molar-refractivity contribution < 1.29 is 24.2 Å². The maximum atomic E-state index is 14.6. The summed E-state index contributed by atoms with van der Waals surface area (Å²) >= 11 is 7.72. The molecular weight excluding hydrogens is 536 g/mol. The molecule has 0 aromatic heterocycles. The summed E-state index contributed by atoms with van der Waals surface area (Å²) in [6, 6.07) is 5.65. The van der Waals surface area contributed by atoms with Crippen molar-refractivity contribution in [1.29, 1.82) is 0 Å². The number of esters is 1. The second-order valence-electron chi connectivity index (χ2n) is 11.1.